The summed E-state index contributed by atoms with van der Waals surface area (Å²) in [6, 6.07) is 8.08. The molecular formula is C13H20N2OS. The van der Waals surface area contributed by atoms with Crippen molar-refractivity contribution in [1.82, 2.24) is 5.32 Å². The number of hydrogen-bond acceptors (Lipinski definition) is 3. The Balaban J connectivity index is 2.31. The molecule has 0 saturated carbocycles. The molecule has 0 aliphatic heterocycles. The van der Waals surface area contributed by atoms with Gasteiger partial charge in [-0.15, -0.1) is 11.8 Å². The second kappa shape index (κ2) is 7.35. The summed E-state index contributed by atoms with van der Waals surface area (Å²) < 4.78 is 0. The molecule has 1 aromatic carbocycles. The van der Waals surface area contributed by atoms with Crippen LogP contribution in [0.3, 0.4) is 0 Å². The Hall–Kier alpha value is -1.00. The molecule has 0 saturated heterocycles. The van der Waals surface area contributed by atoms with Crippen molar-refractivity contribution in [3.05, 3.63) is 29.8 Å². The van der Waals surface area contributed by atoms with Gasteiger partial charge in [-0.05, 0) is 31.0 Å². The van der Waals surface area contributed by atoms with Gasteiger partial charge in [-0.3, -0.25) is 4.79 Å². The molecule has 0 aliphatic rings. The minimum atomic E-state index is 0.0681. The van der Waals surface area contributed by atoms with Crippen LogP contribution in [0.25, 0.3) is 0 Å². The van der Waals surface area contributed by atoms with E-state index in [2.05, 4.69) is 18.3 Å². The number of thioether (sulfide) groups is 1. The molecule has 1 amide bonds. The third-order valence-corrected chi connectivity index (χ3v) is 3.68. The molecule has 0 radical (unpaired) electrons. The van der Waals surface area contributed by atoms with Crippen LogP contribution in [-0.4, -0.2) is 24.7 Å². The number of carbonyl (C=O) groups is 1. The van der Waals surface area contributed by atoms with Crippen LogP contribution in [-0.2, 0) is 4.79 Å². The Morgan fingerprint density at radius 3 is 2.82 bits per heavy atom. The van der Waals surface area contributed by atoms with E-state index >= 15 is 0 Å². The largest absolute Gasteiger partial charge is 0.355 e. The lowest BCUT2D eigenvalue weighted by Gasteiger charge is -2.10. The topological polar surface area (TPSA) is 55.1 Å². The molecule has 0 aliphatic carbocycles. The highest BCUT2D eigenvalue weighted by molar-refractivity contribution is 8.00. The summed E-state index contributed by atoms with van der Waals surface area (Å²) in [6.07, 6.45) is 0. The molecule has 3 nitrogen and oxygen atoms in total. The van der Waals surface area contributed by atoms with Gasteiger partial charge in [-0.1, -0.05) is 25.1 Å². The minimum Gasteiger partial charge on any atom is -0.355 e. The number of carbonyl (C=O) groups excluding carboxylic acids is 1. The van der Waals surface area contributed by atoms with Crippen molar-refractivity contribution in [3.63, 3.8) is 0 Å². The number of benzene rings is 1. The molecule has 0 aromatic heterocycles. The summed E-state index contributed by atoms with van der Waals surface area (Å²) in [5.41, 5.74) is 6.70. The molecule has 1 aromatic rings. The van der Waals surface area contributed by atoms with Crippen LogP contribution >= 0.6 is 11.8 Å². The van der Waals surface area contributed by atoms with E-state index in [-0.39, 0.29) is 5.91 Å². The fourth-order valence-corrected chi connectivity index (χ4v) is 2.14. The second-order valence-electron chi connectivity index (χ2n) is 4.20. The maximum absolute atomic E-state index is 11.6. The number of aryl methyl sites for hydroxylation is 1. The Bertz CT molecular complexity index is 368. The van der Waals surface area contributed by atoms with Gasteiger partial charge in [-0.25, -0.2) is 0 Å². The summed E-state index contributed by atoms with van der Waals surface area (Å²) in [6.45, 7) is 5.33. The number of nitrogens with two attached hydrogens (primary N) is 1. The molecule has 0 bridgehead atoms. The van der Waals surface area contributed by atoms with Crippen LogP contribution in [0, 0.1) is 12.8 Å². The maximum atomic E-state index is 11.6. The summed E-state index contributed by atoms with van der Waals surface area (Å²) in [4.78, 5) is 12.7. The van der Waals surface area contributed by atoms with E-state index in [0.29, 0.717) is 24.8 Å². The molecule has 1 unspecified atom stereocenters. The van der Waals surface area contributed by atoms with Crippen molar-refractivity contribution in [1.29, 1.82) is 0 Å². The van der Waals surface area contributed by atoms with Crippen LogP contribution in [0.5, 0.6) is 0 Å². The van der Waals surface area contributed by atoms with E-state index in [1.54, 1.807) is 11.8 Å². The highest BCUT2D eigenvalue weighted by Gasteiger charge is 2.05. The van der Waals surface area contributed by atoms with Crippen molar-refractivity contribution < 1.29 is 4.79 Å². The van der Waals surface area contributed by atoms with E-state index in [1.807, 2.05) is 25.1 Å². The first-order valence-corrected chi connectivity index (χ1v) is 6.77. The molecule has 94 valence electrons. The molecule has 4 heteroatoms. The second-order valence-corrected chi connectivity index (χ2v) is 5.22. The van der Waals surface area contributed by atoms with E-state index in [1.165, 1.54) is 5.56 Å². The third-order valence-electron chi connectivity index (χ3n) is 2.50. The van der Waals surface area contributed by atoms with Gasteiger partial charge in [0.15, 0.2) is 0 Å². The quantitative estimate of drug-likeness (QED) is 0.759. The van der Waals surface area contributed by atoms with Crippen LogP contribution in [0.1, 0.15) is 12.5 Å². The van der Waals surface area contributed by atoms with E-state index in [9.17, 15) is 4.79 Å². The van der Waals surface area contributed by atoms with E-state index in [4.69, 9.17) is 5.73 Å². The van der Waals surface area contributed by atoms with Crippen LogP contribution in [0.15, 0.2) is 29.2 Å². The van der Waals surface area contributed by atoms with Gasteiger partial charge in [0.2, 0.25) is 5.91 Å². The Kier molecular flexibility index (Phi) is 6.08. The number of hydrogen-bond donors (Lipinski definition) is 2. The normalized spacial score (nSPS) is 12.2. The zero-order valence-electron chi connectivity index (χ0n) is 10.4. The van der Waals surface area contributed by atoms with Crippen molar-refractivity contribution in [3.8, 4) is 0 Å². The van der Waals surface area contributed by atoms with Gasteiger partial charge in [0.25, 0.3) is 0 Å². The predicted octanol–water partition coefficient (Wildman–Crippen LogP) is 1.80. The van der Waals surface area contributed by atoms with Crippen molar-refractivity contribution in [2.75, 3.05) is 18.8 Å². The Morgan fingerprint density at radius 2 is 2.18 bits per heavy atom. The van der Waals surface area contributed by atoms with Gasteiger partial charge in [-0.2, -0.15) is 0 Å². The predicted molar refractivity (Wildman–Crippen MR) is 73.1 cm³/mol. The fourth-order valence-electron chi connectivity index (χ4n) is 1.28. The number of amides is 1. The zero-order chi connectivity index (χ0) is 12.7. The minimum absolute atomic E-state index is 0.0681. The van der Waals surface area contributed by atoms with Crippen LogP contribution in [0.2, 0.25) is 0 Å². The summed E-state index contributed by atoms with van der Waals surface area (Å²) in [5, 5.41) is 2.88. The molecule has 3 N–H and O–H groups in total. The van der Waals surface area contributed by atoms with Crippen molar-refractivity contribution in [2.24, 2.45) is 11.7 Å². The lowest BCUT2D eigenvalue weighted by atomic mass is 10.2. The zero-order valence-corrected chi connectivity index (χ0v) is 11.2. The maximum Gasteiger partial charge on any atom is 0.230 e. The fraction of sp³-hybridized carbons (Fsp3) is 0.462. The number of nitrogens with one attached hydrogen (secondary N) is 1. The van der Waals surface area contributed by atoms with E-state index < -0.39 is 0 Å². The molecule has 1 rings (SSSR count). The third kappa shape index (κ3) is 5.24. The molecule has 0 fully saturated rings. The van der Waals surface area contributed by atoms with Gasteiger partial charge >= 0.3 is 0 Å². The van der Waals surface area contributed by atoms with Crippen LogP contribution in [0.4, 0.5) is 0 Å². The lowest BCUT2D eigenvalue weighted by Crippen LogP contribution is -2.32. The SMILES string of the molecule is Cc1ccccc1SCC(=O)NCC(C)CN. The highest BCUT2D eigenvalue weighted by atomic mass is 32.2. The molecule has 17 heavy (non-hydrogen) atoms. The first kappa shape index (κ1) is 14.1. The molecule has 0 spiro atoms. The number of rotatable bonds is 6. The van der Waals surface area contributed by atoms with Crippen molar-refractivity contribution in [2.45, 2.75) is 18.7 Å². The average molecular weight is 252 g/mol. The van der Waals surface area contributed by atoms with Crippen LogP contribution < -0.4 is 11.1 Å². The lowest BCUT2D eigenvalue weighted by molar-refractivity contribution is -0.118. The first-order chi connectivity index (χ1) is 8.13. The van der Waals surface area contributed by atoms with Gasteiger partial charge in [0, 0.05) is 11.4 Å². The summed E-state index contributed by atoms with van der Waals surface area (Å²) in [5.74, 6) is 0.864. The highest BCUT2D eigenvalue weighted by Crippen LogP contribution is 2.21. The molecule has 0 heterocycles. The van der Waals surface area contributed by atoms with Gasteiger partial charge < -0.3 is 11.1 Å². The standard InChI is InChI=1S/C13H20N2OS/c1-10(7-14)8-15-13(16)9-17-12-6-4-3-5-11(12)2/h3-6,10H,7-9,14H2,1-2H3,(H,15,16). The van der Waals surface area contributed by atoms with Gasteiger partial charge in [0.1, 0.15) is 0 Å². The Morgan fingerprint density at radius 1 is 1.47 bits per heavy atom. The Labute approximate surface area is 107 Å². The summed E-state index contributed by atoms with van der Waals surface area (Å²) >= 11 is 1.57. The average Bonchev–Trinajstić information content (AvgIpc) is 2.35. The smallest absolute Gasteiger partial charge is 0.230 e. The monoisotopic (exact) mass is 252 g/mol. The van der Waals surface area contributed by atoms with Gasteiger partial charge in [0.05, 0.1) is 5.75 Å². The summed E-state index contributed by atoms with van der Waals surface area (Å²) in [7, 11) is 0. The van der Waals surface area contributed by atoms with Crippen molar-refractivity contribution >= 4 is 17.7 Å². The molecule has 1 atom stereocenters. The first-order valence-electron chi connectivity index (χ1n) is 5.78. The molecular weight excluding hydrogens is 232 g/mol. The van der Waals surface area contributed by atoms with E-state index in [0.717, 1.165) is 4.90 Å².